The van der Waals surface area contributed by atoms with Crippen LogP contribution in [0.3, 0.4) is 0 Å². The van der Waals surface area contributed by atoms with Crippen molar-refractivity contribution in [1.29, 1.82) is 0 Å². The Hall–Kier alpha value is -3.77. The molecule has 0 bridgehead atoms. The molecule has 0 fully saturated rings. The lowest BCUT2D eigenvalue weighted by molar-refractivity contribution is 0.475. The number of fused-ring (bicyclic) bond motifs is 3. The number of benzene rings is 3. The van der Waals surface area contributed by atoms with Crippen molar-refractivity contribution in [3.63, 3.8) is 0 Å². The van der Waals surface area contributed by atoms with Gasteiger partial charge in [0, 0.05) is 5.56 Å². The molecule has 4 aromatic rings. The highest BCUT2D eigenvalue weighted by Gasteiger charge is 2.32. The Balaban J connectivity index is 1.63. The maximum Gasteiger partial charge on any atom is 0.271 e. The lowest BCUT2D eigenvalue weighted by Crippen LogP contribution is -2.38. The normalized spacial score (nSPS) is 17.2. The molecule has 0 spiro atoms. The molecular weight excluding hydrogens is 435 g/mol. The van der Waals surface area contributed by atoms with Crippen molar-refractivity contribution in [3.05, 3.63) is 126 Å². The third-order valence-corrected chi connectivity index (χ3v) is 7.21. The van der Waals surface area contributed by atoms with E-state index in [1.807, 2.05) is 18.2 Å². The number of phenols is 1. The van der Waals surface area contributed by atoms with E-state index in [4.69, 9.17) is 4.99 Å². The van der Waals surface area contributed by atoms with Gasteiger partial charge in [-0.25, -0.2) is 9.38 Å². The van der Waals surface area contributed by atoms with Crippen molar-refractivity contribution in [1.82, 2.24) is 4.57 Å². The fraction of sp³-hybridized carbons (Fsp3) is 0.111. The Kier molecular flexibility index (Phi) is 4.62. The van der Waals surface area contributed by atoms with E-state index < -0.39 is 0 Å². The van der Waals surface area contributed by atoms with Gasteiger partial charge in [-0.3, -0.25) is 9.36 Å². The second-order valence-electron chi connectivity index (χ2n) is 8.26. The van der Waals surface area contributed by atoms with E-state index in [0.29, 0.717) is 9.33 Å². The number of aryl methyl sites for hydroxylation is 1. The molecule has 33 heavy (non-hydrogen) atoms. The molecule has 6 rings (SSSR count). The molecular formula is C27H19FN2O2S. The van der Waals surface area contributed by atoms with E-state index in [-0.39, 0.29) is 23.2 Å². The Morgan fingerprint density at radius 2 is 1.85 bits per heavy atom. The second kappa shape index (κ2) is 7.67. The molecule has 4 nitrogen and oxygen atoms in total. The highest BCUT2D eigenvalue weighted by atomic mass is 32.1. The summed E-state index contributed by atoms with van der Waals surface area (Å²) in [5.74, 6) is -0.161. The van der Waals surface area contributed by atoms with Crippen LogP contribution in [0.5, 0.6) is 5.75 Å². The highest BCUT2D eigenvalue weighted by molar-refractivity contribution is 7.07. The minimum Gasteiger partial charge on any atom is -0.508 e. The zero-order valence-electron chi connectivity index (χ0n) is 17.5. The van der Waals surface area contributed by atoms with Crippen LogP contribution >= 0.6 is 11.3 Å². The van der Waals surface area contributed by atoms with E-state index >= 15 is 0 Å². The number of thiazole rings is 1. The summed E-state index contributed by atoms with van der Waals surface area (Å²) in [6.45, 7) is 0. The molecule has 1 aromatic heterocycles. The fourth-order valence-corrected chi connectivity index (χ4v) is 5.73. The van der Waals surface area contributed by atoms with Crippen LogP contribution < -0.4 is 14.9 Å². The standard InChI is InChI=1S/C27H19FN2O2S/c28-19-11-8-18(9-12-19)25-22-13-10-17-5-1-2-7-21(17)24(22)29-27-30(25)26(32)23(33-27)15-16-4-3-6-20(31)14-16/h1-9,11-12,14-15,25,31H,10,13H2/t25-/m0/s1. The van der Waals surface area contributed by atoms with Crippen molar-refractivity contribution in [2.24, 2.45) is 4.99 Å². The van der Waals surface area contributed by atoms with Crippen molar-refractivity contribution >= 4 is 23.1 Å². The summed E-state index contributed by atoms with van der Waals surface area (Å²) in [4.78, 5) is 19.2. The Labute approximate surface area is 192 Å². The van der Waals surface area contributed by atoms with Gasteiger partial charge < -0.3 is 5.11 Å². The van der Waals surface area contributed by atoms with E-state index in [1.54, 1.807) is 41.0 Å². The third-order valence-electron chi connectivity index (χ3n) is 6.23. The first-order chi connectivity index (χ1) is 16.1. The summed E-state index contributed by atoms with van der Waals surface area (Å²) in [7, 11) is 0. The number of hydrogen-bond donors (Lipinski definition) is 1. The van der Waals surface area contributed by atoms with E-state index in [9.17, 15) is 14.3 Å². The Morgan fingerprint density at radius 3 is 2.67 bits per heavy atom. The Bertz CT molecular complexity index is 1610. The molecule has 2 heterocycles. The predicted molar refractivity (Wildman–Crippen MR) is 127 cm³/mol. The van der Waals surface area contributed by atoms with Gasteiger partial charge in [-0.05, 0) is 65.4 Å². The Morgan fingerprint density at radius 1 is 1.03 bits per heavy atom. The van der Waals surface area contributed by atoms with Crippen molar-refractivity contribution in [2.75, 3.05) is 0 Å². The van der Waals surface area contributed by atoms with Crippen molar-refractivity contribution < 1.29 is 9.50 Å². The first-order valence-electron chi connectivity index (χ1n) is 10.8. The summed E-state index contributed by atoms with van der Waals surface area (Å²) in [6.07, 6.45) is 3.44. The molecule has 1 aliphatic heterocycles. The first kappa shape index (κ1) is 19.9. The molecule has 2 aliphatic rings. The summed E-state index contributed by atoms with van der Waals surface area (Å²) in [6, 6.07) is 21.1. The van der Waals surface area contributed by atoms with Crippen LogP contribution in [0, 0.1) is 5.82 Å². The SMILES string of the molecule is O=c1c(=Cc2cccc(O)c2)sc2n1[C@@H](c1ccc(F)cc1)C1=C(N=2)c2ccccc2CC1. The van der Waals surface area contributed by atoms with Crippen LogP contribution in [0.2, 0.25) is 0 Å². The third kappa shape index (κ3) is 3.34. The molecule has 1 N–H and O–H groups in total. The second-order valence-corrected chi connectivity index (χ2v) is 9.27. The lowest BCUT2D eigenvalue weighted by atomic mass is 9.83. The summed E-state index contributed by atoms with van der Waals surface area (Å²) < 4.78 is 16.0. The van der Waals surface area contributed by atoms with Gasteiger partial charge >= 0.3 is 0 Å². The van der Waals surface area contributed by atoms with Crippen LogP contribution in [-0.4, -0.2) is 9.67 Å². The average molecular weight is 455 g/mol. The number of nitrogens with zero attached hydrogens (tertiary/aromatic N) is 2. The zero-order chi connectivity index (χ0) is 22.5. The topological polar surface area (TPSA) is 54.6 Å². The number of halogens is 1. The number of aromatic nitrogens is 1. The number of phenolic OH excluding ortho intramolecular Hbond substituents is 1. The monoisotopic (exact) mass is 454 g/mol. The van der Waals surface area contributed by atoms with Gasteiger partial charge in [-0.2, -0.15) is 0 Å². The summed E-state index contributed by atoms with van der Waals surface area (Å²) >= 11 is 1.33. The predicted octanol–water partition coefficient (Wildman–Crippen LogP) is 4.16. The summed E-state index contributed by atoms with van der Waals surface area (Å²) in [5, 5.41) is 9.81. The van der Waals surface area contributed by atoms with Crippen LogP contribution in [-0.2, 0) is 6.42 Å². The molecule has 0 radical (unpaired) electrons. The van der Waals surface area contributed by atoms with Crippen molar-refractivity contribution in [3.8, 4) is 5.75 Å². The zero-order valence-corrected chi connectivity index (χ0v) is 18.3. The molecule has 0 saturated heterocycles. The van der Waals surface area contributed by atoms with Crippen LogP contribution in [0.25, 0.3) is 11.8 Å². The van der Waals surface area contributed by atoms with Crippen LogP contribution in [0.15, 0.2) is 88.2 Å². The number of allylic oxidation sites excluding steroid dienone is 1. The minimum absolute atomic E-state index is 0.137. The molecule has 6 heteroatoms. The van der Waals surface area contributed by atoms with E-state index in [0.717, 1.165) is 40.8 Å². The van der Waals surface area contributed by atoms with Gasteiger partial charge in [0.1, 0.15) is 11.6 Å². The number of aromatic hydroxyl groups is 1. The molecule has 1 atom stereocenters. The lowest BCUT2D eigenvalue weighted by Gasteiger charge is -2.30. The molecule has 162 valence electrons. The van der Waals surface area contributed by atoms with Gasteiger partial charge in [0.2, 0.25) is 0 Å². The van der Waals surface area contributed by atoms with Crippen LogP contribution in [0.4, 0.5) is 4.39 Å². The van der Waals surface area contributed by atoms with Gasteiger partial charge in [0.05, 0.1) is 16.3 Å². The number of rotatable bonds is 2. The van der Waals surface area contributed by atoms with Gasteiger partial charge in [-0.15, -0.1) is 0 Å². The maximum absolute atomic E-state index is 13.7. The molecule has 3 aromatic carbocycles. The molecule has 0 unspecified atom stereocenters. The van der Waals surface area contributed by atoms with Crippen molar-refractivity contribution in [2.45, 2.75) is 18.9 Å². The average Bonchev–Trinajstić information content (AvgIpc) is 3.13. The molecule has 0 amide bonds. The highest BCUT2D eigenvalue weighted by Crippen LogP contribution is 2.41. The fourth-order valence-electron chi connectivity index (χ4n) is 4.73. The quantitative estimate of drug-likeness (QED) is 0.495. The largest absolute Gasteiger partial charge is 0.508 e. The maximum atomic E-state index is 13.7. The first-order valence-corrected chi connectivity index (χ1v) is 11.6. The molecule has 1 aliphatic carbocycles. The molecule has 0 saturated carbocycles. The smallest absolute Gasteiger partial charge is 0.271 e. The van der Waals surface area contributed by atoms with E-state index in [2.05, 4.69) is 12.1 Å². The minimum atomic E-state index is -0.337. The van der Waals surface area contributed by atoms with Gasteiger partial charge in [0.25, 0.3) is 5.56 Å². The summed E-state index contributed by atoms with van der Waals surface area (Å²) in [5.41, 5.74) is 5.80. The van der Waals surface area contributed by atoms with Crippen LogP contribution in [0.1, 0.15) is 34.7 Å². The van der Waals surface area contributed by atoms with Gasteiger partial charge in [-0.1, -0.05) is 59.9 Å². The number of hydrogen-bond acceptors (Lipinski definition) is 4. The van der Waals surface area contributed by atoms with E-state index in [1.165, 1.54) is 29.0 Å². The van der Waals surface area contributed by atoms with Gasteiger partial charge in [0.15, 0.2) is 4.80 Å².